The molecule has 0 radical (unpaired) electrons. The summed E-state index contributed by atoms with van der Waals surface area (Å²) in [5.74, 6) is 0. The molecular weight excluding hydrogens is 549 g/mol. The fraction of sp³-hybridized carbons (Fsp3) is 0.943. The normalized spacial score (nSPS) is 11.5. The van der Waals surface area contributed by atoms with Crippen LogP contribution in [0.3, 0.4) is 0 Å². The van der Waals surface area contributed by atoms with E-state index in [2.05, 4.69) is 20.8 Å². The summed E-state index contributed by atoms with van der Waals surface area (Å²) in [7, 11) is 0. The van der Waals surface area contributed by atoms with Crippen LogP contribution in [0.5, 0.6) is 0 Å². The van der Waals surface area contributed by atoms with Gasteiger partial charge in [0.2, 0.25) is 0 Å². The third kappa shape index (κ3) is 31.6. The molecule has 0 aromatic rings. The van der Waals surface area contributed by atoms with Crippen LogP contribution in [0.15, 0.2) is 0 Å². The monoisotopic (exact) mass is 616 g/mol. The minimum atomic E-state index is 0.522. The first-order valence-electron chi connectivity index (χ1n) is 17.5. The van der Waals surface area contributed by atoms with Gasteiger partial charge in [-0.2, -0.15) is 0 Å². The van der Waals surface area contributed by atoms with Crippen molar-refractivity contribution in [1.29, 1.82) is 0 Å². The second-order valence-electron chi connectivity index (χ2n) is 11.8. The smallest absolute Gasteiger partial charge is 0.0604 e. The largest absolute Gasteiger partial charge is 0.104 e. The number of unbranched alkanes of at least 4 members (excludes halogenated alkanes) is 24. The van der Waals surface area contributed by atoms with Gasteiger partial charge in [0.25, 0.3) is 0 Å². The molecule has 39 heavy (non-hydrogen) atoms. The van der Waals surface area contributed by atoms with Crippen molar-refractivity contribution < 1.29 is 0 Å². The molecule has 0 atom stereocenters. The predicted molar refractivity (Wildman–Crippen MR) is 195 cm³/mol. The lowest BCUT2D eigenvalue weighted by molar-refractivity contribution is 0.541. The molecule has 0 fully saturated rings. The molecule has 232 valence electrons. The highest BCUT2D eigenvalue weighted by atomic mass is 32.2. The first-order chi connectivity index (χ1) is 19.1. The zero-order valence-electron chi connectivity index (χ0n) is 26.7. The van der Waals surface area contributed by atoms with E-state index in [4.69, 9.17) is 24.4 Å². The van der Waals surface area contributed by atoms with Crippen LogP contribution in [-0.4, -0.2) is 13.0 Å². The van der Waals surface area contributed by atoms with E-state index < -0.39 is 0 Å². The van der Waals surface area contributed by atoms with E-state index >= 15 is 0 Å². The predicted octanol–water partition coefficient (Wildman–Crippen LogP) is 14.8. The summed E-state index contributed by atoms with van der Waals surface area (Å²) in [6.07, 6.45) is 40.0. The van der Waals surface area contributed by atoms with Crippen LogP contribution in [0.25, 0.3) is 0 Å². The second kappa shape index (κ2) is 33.4. The first kappa shape index (κ1) is 39.9. The summed E-state index contributed by atoms with van der Waals surface area (Å²) in [6, 6.07) is 0. The van der Waals surface area contributed by atoms with Gasteiger partial charge in [0, 0.05) is 8.39 Å². The maximum atomic E-state index is 5.74. The van der Waals surface area contributed by atoms with E-state index in [1.807, 2.05) is 23.5 Å². The summed E-state index contributed by atoms with van der Waals surface area (Å²) in [4.78, 5) is 0. The summed E-state index contributed by atoms with van der Waals surface area (Å²) < 4.78 is 2.94. The molecule has 0 unspecified atom stereocenters. The van der Waals surface area contributed by atoms with E-state index in [1.54, 1.807) is 0 Å². The van der Waals surface area contributed by atoms with Gasteiger partial charge in [-0.25, -0.2) is 0 Å². The molecule has 0 amide bonds. The summed E-state index contributed by atoms with van der Waals surface area (Å²) in [5, 5.41) is 0. The second-order valence-corrected chi connectivity index (χ2v) is 16.2. The average Bonchev–Trinajstić information content (AvgIpc) is 2.93. The molecule has 0 rings (SSSR count). The molecular formula is C35H68S4. The van der Waals surface area contributed by atoms with Crippen LogP contribution in [0, 0.1) is 0 Å². The molecule has 4 heteroatoms. The van der Waals surface area contributed by atoms with Crippen LogP contribution in [-0.2, 0) is 0 Å². The number of rotatable bonds is 31. The highest BCUT2D eigenvalue weighted by Gasteiger charge is 2.13. The van der Waals surface area contributed by atoms with Crippen molar-refractivity contribution >= 4 is 56.4 Å². The molecule has 0 heterocycles. The van der Waals surface area contributed by atoms with Gasteiger partial charge in [-0.3, -0.25) is 0 Å². The SMILES string of the molecule is CCCCCCCCCCCCCCCC(=S)SC(CC)SC(=S)CCCCCCCCCCCCCCC. The van der Waals surface area contributed by atoms with Crippen LogP contribution in [0.2, 0.25) is 0 Å². The minimum Gasteiger partial charge on any atom is -0.104 e. The van der Waals surface area contributed by atoms with Crippen molar-refractivity contribution in [2.75, 3.05) is 0 Å². The molecule has 0 aliphatic rings. The lowest BCUT2D eigenvalue weighted by Gasteiger charge is -2.15. The number of thiocarbonyl (C=S) groups is 2. The Balaban J connectivity index is 3.54. The van der Waals surface area contributed by atoms with Gasteiger partial charge in [-0.1, -0.05) is 199 Å². The fourth-order valence-electron chi connectivity index (χ4n) is 5.18. The van der Waals surface area contributed by atoms with Crippen molar-refractivity contribution in [2.45, 2.75) is 212 Å². The maximum Gasteiger partial charge on any atom is 0.0604 e. The molecule has 0 nitrogen and oxygen atoms in total. The van der Waals surface area contributed by atoms with Gasteiger partial charge < -0.3 is 0 Å². The van der Waals surface area contributed by atoms with E-state index in [0.717, 1.165) is 19.3 Å². The lowest BCUT2D eigenvalue weighted by Crippen LogP contribution is -2.04. The molecule has 0 aromatic carbocycles. The Hall–Kier alpha value is 0.880. The van der Waals surface area contributed by atoms with E-state index in [9.17, 15) is 0 Å². The number of hydrogen-bond donors (Lipinski definition) is 0. The summed E-state index contributed by atoms with van der Waals surface area (Å²) in [6.45, 7) is 6.88. The van der Waals surface area contributed by atoms with Crippen LogP contribution in [0.4, 0.5) is 0 Å². The highest BCUT2D eigenvalue weighted by molar-refractivity contribution is 8.36. The Morgan fingerprint density at radius 3 is 0.846 bits per heavy atom. The van der Waals surface area contributed by atoms with Crippen molar-refractivity contribution in [2.24, 2.45) is 0 Å². The quantitative estimate of drug-likeness (QED) is 0.0431. The standard InChI is InChI=1S/C35H68S4/c1-4-7-9-11-13-15-17-19-21-23-25-27-29-31-33(36)38-35(6-3)39-34(37)32-30-28-26-24-22-20-18-16-14-12-10-8-5-2/h35H,4-32H2,1-3H3. The minimum absolute atomic E-state index is 0.522. The molecule has 0 aromatic heterocycles. The molecule has 0 aliphatic heterocycles. The Morgan fingerprint density at radius 1 is 0.385 bits per heavy atom. The molecule has 0 saturated heterocycles. The third-order valence-electron chi connectivity index (χ3n) is 7.83. The van der Waals surface area contributed by atoms with Crippen LogP contribution < -0.4 is 0 Å². The van der Waals surface area contributed by atoms with Gasteiger partial charge in [0.15, 0.2) is 0 Å². The van der Waals surface area contributed by atoms with Crippen LogP contribution in [0.1, 0.15) is 207 Å². The molecule has 0 aliphatic carbocycles. The molecule has 0 spiro atoms. The van der Waals surface area contributed by atoms with E-state index in [1.165, 1.54) is 175 Å². The van der Waals surface area contributed by atoms with Crippen molar-refractivity contribution in [3.8, 4) is 0 Å². The summed E-state index contributed by atoms with van der Waals surface area (Å²) >= 11 is 15.3. The Kier molecular flexibility index (Phi) is 34.1. The topological polar surface area (TPSA) is 0 Å². The van der Waals surface area contributed by atoms with Gasteiger partial charge in [0.05, 0.1) is 4.58 Å². The van der Waals surface area contributed by atoms with E-state index in [0.29, 0.717) is 4.58 Å². The number of hydrogen-bond acceptors (Lipinski definition) is 4. The number of thioether (sulfide) groups is 2. The fourth-order valence-corrected chi connectivity index (χ4v) is 8.86. The lowest BCUT2D eigenvalue weighted by atomic mass is 10.0. The Morgan fingerprint density at radius 2 is 0.615 bits per heavy atom. The summed E-state index contributed by atoms with van der Waals surface area (Å²) in [5.41, 5.74) is 0. The maximum absolute atomic E-state index is 5.74. The molecule has 0 saturated carbocycles. The average molecular weight is 617 g/mol. The van der Waals surface area contributed by atoms with Gasteiger partial charge in [0.1, 0.15) is 0 Å². The van der Waals surface area contributed by atoms with Crippen molar-refractivity contribution in [3.05, 3.63) is 0 Å². The Bertz CT molecular complexity index is 475. The third-order valence-corrected chi connectivity index (χ3v) is 11.5. The van der Waals surface area contributed by atoms with Crippen LogP contribution >= 0.6 is 48.0 Å². The van der Waals surface area contributed by atoms with Crippen molar-refractivity contribution in [1.82, 2.24) is 0 Å². The molecule has 0 N–H and O–H groups in total. The van der Waals surface area contributed by atoms with Gasteiger partial charge in [-0.15, -0.1) is 23.5 Å². The van der Waals surface area contributed by atoms with Gasteiger partial charge in [-0.05, 0) is 32.1 Å². The van der Waals surface area contributed by atoms with Gasteiger partial charge >= 0.3 is 0 Å². The molecule has 0 bridgehead atoms. The zero-order valence-corrected chi connectivity index (χ0v) is 30.0. The van der Waals surface area contributed by atoms with Crippen molar-refractivity contribution in [3.63, 3.8) is 0 Å². The first-order valence-corrected chi connectivity index (χ1v) is 20.1. The zero-order chi connectivity index (χ0) is 28.7. The van der Waals surface area contributed by atoms with E-state index in [-0.39, 0.29) is 0 Å². The highest BCUT2D eigenvalue weighted by Crippen LogP contribution is 2.32. The Labute approximate surface area is 266 Å².